The Kier molecular flexibility index (Phi) is 2.62. The van der Waals surface area contributed by atoms with Crippen LogP contribution in [0.5, 0.6) is 0 Å². The van der Waals surface area contributed by atoms with Crippen molar-refractivity contribution in [2.75, 3.05) is 5.32 Å². The van der Waals surface area contributed by atoms with E-state index in [9.17, 15) is 0 Å². The van der Waals surface area contributed by atoms with Crippen molar-refractivity contribution in [1.29, 1.82) is 0 Å². The van der Waals surface area contributed by atoms with E-state index in [1.54, 1.807) is 12.5 Å². The van der Waals surface area contributed by atoms with Gasteiger partial charge in [0.25, 0.3) is 0 Å². The van der Waals surface area contributed by atoms with Crippen LogP contribution in [0.2, 0.25) is 0 Å². The zero-order chi connectivity index (χ0) is 10.7. The number of nitrogens with one attached hydrogen (secondary N) is 2. The fraction of sp³-hybridized carbons (Fsp3) is 0.300. The SMILES string of the molecule is CC(C)c1cc(Nc2ccn[nH]2)ncn1. The summed E-state index contributed by atoms with van der Waals surface area (Å²) >= 11 is 0. The summed E-state index contributed by atoms with van der Waals surface area (Å²) in [6.07, 6.45) is 3.25. The second-order valence-electron chi connectivity index (χ2n) is 3.58. The minimum atomic E-state index is 0.398. The van der Waals surface area contributed by atoms with Gasteiger partial charge in [-0.25, -0.2) is 9.97 Å². The summed E-state index contributed by atoms with van der Waals surface area (Å²) in [5, 5.41) is 9.77. The lowest BCUT2D eigenvalue weighted by Crippen LogP contribution is -1.98. The predicted octanol–water partition coefficient (Wildman–Crippen LogP) is 2.07. The van der Waals surface area contributed by atoms with Crippen LogP contribution in [-0.4, -0.2) is 20.2 Å². The van der Waals surface area contributed by atoms with Gasteiger partial charge in [-0.1, -0.05) is 13.8 Å². The maximum atomic E-state index is 4.19. The van der Waals surface area contributed by atoms with E-state index in [1.165, 1.54) is 0 Å². The first kappa shape index (κ1) is 9.64. The van der Waals surface area contributed by atoms with Crippen LogP contribution >= 0.6 is 0 Å². The third kappa shape index (κ3) is 2.31. The Bertz CT molecular complexity index is 421. The standard InChI is InChI=1S/C10H13N5/c1-7(2)8-5-10(12-6-11-8)14-9-3-4-13-15-9/h3-7H,1-2H3,(H2,11,12,13,14,15). The minimum Gasteiger partial charge on any atom is -0.325 e. The molecule has 15 heavy (non-hydrogen) atoms. The summed E-state index contributed by atoms with van der Waals surface area (Å²) in [6.45, 7) is 4.20. The Hall–Kier alpha value is -1.91. The highest BCUT2D eigenvalue weighted by atomic mass is 15.2. The first-order valence-electron chi connectivity index (χ1n) is 4.84. The van der Waals surface area contributed by atoms with Crippen molar-refractivity contribution in [3.8, 4) is 0 Å². The van der Waals surface area contributed by atoms with E-state index >= 15 is 0 Å². The molecule has 0 amide bonds. The Morgan fingerprint density at radius 1 is 1.33 bits per heavy atom. The van der Waals surface area contributed by atoms with Gasteiger partial charge >= 0.3 is 0 Å². The van der Waals surface area contributed by atoms with Crippen molar-refractivity contribution in [2.45, 2.75) is 19.8 Å². The van der Waals surface area contributed by atoms with Crippen LogP contribution in [0.4, 0.5) is 11.6 Å². The topological polar surface area (TPSA) is 66.5 Å². The molecule has 78 valence electrons. The second-order valence-corrected chi connectivity index (χ2v) is 3.58. The van der Waals surface area contributed by atoms with Crippen LogP contribution in [0.3, 0.4) is 0 Å². The van der Waals surface area contributed by atoms with Crippen molar-refractivity contribution >= 4 is 11.6 Å². The predicted molar refractivity (Wildman–Crippen MR) is 58.0 cm³/mol. The van der Waals surface area contributed by atoms with Crippen molar-refractivity contribution in [2.24, 2.45) is 0 Å². The Balaban J connectivity index is 2.18. The summed E-state index contributed by atoms with van der Waals surface area (Å²) < 4.78 is 0. The molecule has 2 aromatic rings. The Labute approximate surface area is 88.0 Å². The minimum absolute atomic E-state index is 0.398. The molecule has 0 aliphatic rings. The van der Waals surface area contributed by atoms with Gasteiger partial charge in [-0.2, -0.15) is 5.10 Å². The van der Waals surface area contributed by atoms with E-state index in [-0.39, 0.29) is 0 Å². The number of aromatic amines is 1. The molecule has 2 aromatic heterocycles. The number of anilines is 2. The summed E-state index contributed by atoms with van der Waals surface area (Å²) in [4.78, 5) is 8.32. The molecule has 0 spiro atoms. The zero-order valence-corrected chi connectivity index (χ0v) is 8.73. The lowest BCUT2D eigenvalue weighted by Gasteiger charge is -2.06. The lowest BCUT2D eigenvalue weighted by molar-refractivity contribution is 0.815. The van der Waals surface area contributed by atoms with Gasteiger partial charge in [0, 0.05) is 17.8 Å². The zero-order valence-electron chi connectivity index (χ0n) is 8.73. The molecule has 0 saturated heterocycles. The van der Waals surface area contributed by atoms with E-state index in [4.69, 9.17) is 0 Å². The molecule has 0 aliphatic heterocycles. The van der Waals surface area contributed by atoms with Gasteiger partial charge in [0.2, 0.25) is 0 Å². The van der Waals surface area contributed by atoms with Crippen LogP contribution in [0.25, 0.3) is 0 Å². The molecule has 0 radical (unpaired) electrons. The van der Waals surface area contributed by atoms with E-state index in [0.29, 0.717) is 5.92 Å². The summed E-state index contributed by atoms with van der Waals surface area (Å²) in [6, 6.07) is 3.78. The third-order valence-corrected chi connectivity index (χ3v) is 2.04. The van der Waals surface area contributed by atoms with Gasteiger partial charge in [-0.05, 0) is 5.92 Å². The first-order chi connectivity index (χ1) is 7.25. The van der Waals surface area contributed by atoms with Crippen molar-refractivity contribution in [3.05, 3.63) is 30.4 Å². The quantitative estimate of drug-likeness (QED) is 0.801. The van der Waals surface area contributed by atoms with Crippen molar-refractivity contribution < 1.29 is 0 Å². The van der Waals surface area contributed by atoms with Crippen molar-refractivity contribution in [3.63, 3.8) is 0 Å². The van der Waals surface area contributed by atoms with Gasteiger partial charge in [-0.3, -0.25) is 5.10 Å². The number of H-pyrrole nitrogens is 1. The molecule has 2 rings (SSSR count). The molecule has 2 N–H and O–H groups in total. The summed E-state index contributed by atoms with van der Waals surface area (Å²) in [7, 11) is 0. The smallest absolute Gasteiger partial charge is 0.135 e. The van der Waals surface area contributed by atoms with Gasteiger partial charge in [0.05, 0.1) is 6.20 Å². The van der Waals surface area contributed by atoms with Gasteiger partial charge < -0.3 is 5.32 Å². The van der Waals surface area contributed by atoms with Crippen molar-refractivity contribution in [1.82, 2.24) is 20.2 Å². The van der Waals surface area contributed by atoms with E-state index in [2.05, 4.69) is 39.3 Å². The third-order valence-electron chi connectivity index (χ3n) is 2.04. The molecule has 0 aromatic carbocycles. The number of aromatic nitrogens is 4. The average Bonchev–Trinajstić information content (AvgIpc) is 2.71. The molecular weight excluding hydrogens is 190 g/mol. The second kappa shape index (κ2) is 4.08. The molecule has 0 fully saturated rings. The van der Waals surface area contributed by atoms with Crippen LogP contribution in [0.15, 0.2) is 24.7 Å². The average molecular weight is 203 g/mol. The highest BCUT2D eigenvalue weighted by Crippen LogP contribution is 2.16. The normalized spacial score (nSPS) is 10.6. The molecule has 0 bridgehead atoms. The van der Waals surface area contributed by atoms with Crippen LogP contribution in [-0.2, 0) is 0 Å². The Morgan fingerprint density at radius 2 is 2.20 bits per heavy atom. The van der Waals surface area contributed by atoms with E-state index in [1.807, 2.05) is 12.1 Å². The summed E-state index contributed by atoms with van der Waals surface area (Å²) in [5.41, 5.74) is 1.02. The molecule has 5 nitrogen and oxygen atoms in total. The highest BCUT2D eigenvalue weighted by molar-refractivity contribution is 5.50. The van der Waals surface area contributed by atoms with Gasteiger partial charge in [0.15, 0.2) is 0 Å². The lowest BCUT2D eigenvalue weighted by atomic mass is 10.1. The molecule has 5 heteroatoms. The van der Waals surface area contributed by atoms with E-state index < -0.39 is 0 Å². The van der Waals surface area contributed by atoms with Crippen LogP contribution in [0.1, 0.15) is 25.5 Å². The molecule has 0 unspecified atom stereocenters. The van der Waals surface area contributed by atoms with Crippen LogP contribution in [0, 0.1) is 0 Å². The number of rotatable bonds is 3. The monoisotopic (exact) mass is 203 g/mol. The Morgan fingerprint density at radius 3 is 2.87 bits per heavy atom. The maximum absolute atomic E-state index is 4.19. The molecule has 0 atom stereocenters. The maximum Gasteiger partial charge on any atom is 0.135 e. The molecule has 0 aliphatic carbocycles. The number of nitrogens with zero attached hydrogens (tertiary/aromatic N) is 3. The first-order valence-corrected chi connectivity index (χ1v) is 4.84. The highest BCUT2D eigenvalue weighted by Gasteiger charge is 2.03. The molecule has 0 saturated carbocycles. The molecule has 2 heterocycles. The largest absolute Gasteiger partial charge is 0.325 e. The van der Waals surface area contributed by atoms with Gasteiger partial charge in [0.1, 0.15) is 18.0 Å². The fourth-order valence-corrected chi connectivity index (χ4v) is 1.22. The molecular formula is C10H13N5. The van der Waals surface area contributed by atoms with E-state index in [0.717, 1.165) is 17.3 Å². The van der Waals surface area contributed by atoms with Crippen LogP contribution < -0.4 is 5.32 Å². The number of hydrogen-bond acceptors (Lipinski definition) is 4. The summed E-state index contributed by atoms with van der Waals surface area (Å²) in [5.74, 6) is 2.00. The fourth-order valence-electron chi connectivity index (χ4n) is 1.22. The van der Waals surface area contributed by atoms with Gasteiger partial charge in [-0.15, -0.1) is 0 Å². The number of hydrogen-bond donors (Lipinski definition) is 2.